The molecule has 0 unspecified atom stereocenters. The van der Waals surface area contributed by atoms with Crippen LogP contribution in [-0.2, 0) is 16.6 Å². The highest BCUT2D eigenvalue weighted by Gasteiger charge is 2.17. The quantitative estimate of drug-likeness (QED) is 0.593. The monoisotopic (exact) mass is 396 g/mol. The van der Waals surface area contributed by atoms with E-state index in [4.69, 9.17) is 0 Å². The van der Waals surface area contributed by atoms with E-state index < -0.39 is 10.0 Å². The van der Waals surface area contributed by atoms with Crippen molar-refractivity contribution in [3.63, 3.8) is 0 Å². The summed E-state index contributed by atoms with van der Waals surface area (Å²) in [6, 6.07) is 4.29. The summed E-state index contributed by atoms with van der Waals surface area (Å²) in [5, 5.41) is 13.6. The highest BCUT2D eigenvalue weighted by Crippen LogP contribution is 2.17. The van der Waals surface area contributed by atoms with Gasteiger partial charge in [-0.25, -0.2) is 22.6 Å². The zero-order chi connectivity index (χ0) is 20.0. The van der Waals surface area contributed by atoms with Crippen molar-refractivity contribution in [1.82, 2.24) is 30.3 Å². The summed E-state index contributed by atoms with van der Waals surface area (Å²) in [7, 11) is -3.58. The maximum atomic E-state index is 12.2. The number of carbonyl (C=O) groups is 1. The van der Waals surface area contributed by atoms with Crippen LogP contribution < -0.4 is 15.4 Å². The maximum absolute atomic E-state index is 12.2. The minimum atomic E-state index is -3.58. The van der Waals surface area contributed by atoms with Crippen LogP contribution in [0.15, 0.2) is 23.1 Å². The van der Waals surface area contributed by atoms with Gasteiger partial charge in [0.15, 0.2) is 0 Å². The van der Waals surface area contributed by atoms with Crippen LogP contribution in [0, 0.1) is 5.92 Å². The first-order valence-corrected chi connectivity index (χ1v) is 10.5. The van der Waals surface area contributed by atoms with Gasteiger partial charge in [-0.3, -0.25) is 0 Å². The number of aromatic nitrogens is 3. The van der Waals surface area contributed by atoms with E-state index in [0.29, 0.717) is 36.6 Å². The summed E-state index contributed by atoms with van der Waals surface area (Å²) in [6.45, 7) is 9.19. The summed E-state index contributed by atoms with van der Waals surface area (Å²) in [6.07, 6.45) is 0.929. The normalized spacial score (nSPS) is 12.1. The lowest BCUT2D eigenvalue weighted by Crippen LogP contribution is -2.38. The highest BCUT2D eigenvalue weighted by atomic mass is 32.2. The van der Waals surface area contributed by atoms with Crippen LogP contribution in [0.1, 0.15) is 34.1 Å². The van der Waals surface area contributed by atoms with Crippen LogP contribution in [0.3, 0.4) is 0 Å². The molecule has 0 aliphatic carbocycles. The third-order valence-electron chi connectivity index (χ3n) is 3.80. The SMILES string of the molecule is CC(C)CCNC(=O)NCCn1nnc2cc(S(=O)(=O)NC(C)C)ccc21. The van der Waals surface area contributed by atoms with Crippen LogP contribution in [-0.4, -0.2) is 48.6 Å². The Morgan fingerprint density at radius 3 is 2.52 bits per heavy atom. The van der Waals surface area contributed by atoms with Gasteiger partial charge in [0.05, 0.1) is 17.0 Å². The van der Waals surface area contributed by atoms with Crippen LogP contribution in [0.2, 0.25) is 0 Å². The first-order valence-electron chi connectivity index (χ1n) is 9.06. The fourth-order valence-electron chi connectivity index (χ4n) is 2.47. The molecule has 0 bridgehead atoms. The second-order valence-corrected chi connectivity index (χ2v) is 8.82. The lowest BCUT2D eigenvalue weighted by Gasteiger charge is -2.10. The molecule has 1 aromatic heterocycles. The number of carbonyl (C=O) groups excluding carboxylic acids is 1. The van der Waals surface area contributed by atoms with E-state index in [2.05, 4.69) is 39.5 Å². The van der Waals surface area contributed by atoms with E-state index in [1.807, 2.05) is 0 Å². The zero-order valence-corrected chi connectivity index (χ0v) is 17.0. The number of sulfonamides is 1. The van der Waals surface area contributed by atoms with Gasteiger partial charge in [0.2, 0.25) is 10.0 Å². The van der Waals surface area contributed by atoms with Crippen molar-refractivity contribution in [2.75, 3.05) is 13.1 Å². The standard InChI is InChI=1S/C17H28N6O3S/c1-12(2)7-8-18-17(24)19-9-10-23-16-6-5-14(11-15(16)20-22-23)27(25,26)21-13(3)4/h5-6,11-13,21H,7-10H2,1-4H3,(H2,18,19,24). The molecule has 0 fully saturated rings. The lowest BCUT2D eigenvalue weighted by atomic mass is 10.1. The highest BCUT2D eigenvalue weighted by molar-refractivity contribution is 7.89. The van der Waals surface area contributed by atoms with Gasteiger partial charge in [-0.2, -0.15) is 0 Å². The van der Waals surface area contributed by atoms with E-state index >= 15 is 0 Å². The molecular weight excluding hydrogens is 368 g/mol. The van der Waals surface area contributed by atoms with Crippen LogP contribution in [0.4, 0.5) is 4.79 Å². The summed E-state index contributed by atoms with van der Waals surface area (Å²) in [4.78, 5) is 11.9. The Morgan fingerprint density at radius 2 is 1.85 bits per heavy atom. The molecule has 1 aromatic carbocycles. The van der Waals surface area contributed by atoms with Crippen LogP contribution >= 0.6 is 0 Å². The number of hydrogen-bond donors (Lipinski definition) is 3. The van der Waals surface area contributed by atoms with Gasteiger partial charge in [0, 0.05) is 19.1 Å². The molecule has 2 amide bonds. The minimum absolute atomic E-state index is 0.151. The van der Waals surface area contributed by atoms with E-state index in [9.17, 15) is 13.2 Å². The average Bonchev–Trinajstić information content (AvgIpc) is 2.96. The van der Waals surface area contributed by atoms with Crippen molar-refractivity contribution < 1.29 is 13.2 Å². The van der Waals surface area contributed by atoms with Gasteiger partial charge in [0.1, 0.15) is 5.52 Å². The number of hydrogen-bond acceptors (Lipinski definition) is 5. The molecule has 2 aromatic rings. The molecule has 3 N–H and O–H groups in total. The molecule has 0 aliphatic heterocycles. The molecule has 9 nitrogen and oxygen atoms in total. The molecule has 10 heteroatoms. The molecule has 0 saturated heterocycles. The van der Waals surface area contributed by atoms with Crippen LogP contribution in [0.25, 0.3) is 11.0 Å². The number of amides is 2. The summed E-state index contributed by atoms with van der Waals surface area (Å²) >= 11 is 0. The summed E-state index contributed by atoms with van der Waals surface area (Å²) < 4.78 is 28.7. The molecule has 2 rings (SSSR count). The van der Waals surface area contributed by atoms with Crippen molar-refractivity contribution in [3.8, 4) is 0 Å². The third kappa shape index (κ3) is 6.17. The van der Waals surface area contributed by atoms with Crippen molar-refractivity contribution in [3.05, 3.63) is 18.2 Å². The Labute approximate surface area is 159 Å². The second-order valence-electron chi connectivity index (χ2n) is 7.10. The topological polar surface area (TPSA) is 118 Å². The fourth-order valence-corrected chi connectivity index (χ4v) is 3.75. The van der Waals surface area contributed by atoms with E-state index in [1.165, 1.54) is 12.1 Å². The Morgan fingerprint density at radius 1 is 1.15 bits per heavy atom. The number of nitrogens with zero attached hydrogens (tertiary/aromatic N) is 3. The zero-order valence-electron chi connectivity index (χ0n) is 16.2. The minimum Gasteiger partial charge on any atom is -0.338 e. The molecular formula is C17H28N6O3S. The molecule has 0 aliphatic rings. The first kappa shape index (κ1) is 21.1. The van der Waals surface area contributed by atoms with E-state index in [1.54, 1.807) is 24.6 Å². The largest absolute Gasteiger partial charge is 0.338 e. The Kier molecular flexibility index (Phi) is 7.14. The number of urea groups is 1. The van der Waals surface area contributed by atoms with Crippen molar-refractivity contribution in [2.24, 2.45) is 5.92 Å². The third-order valence-corrected chi connectivity index (χ3v) is 5.46. The van der Waals surface area contributed by atoms with Gasteiger partial charge in [-0.1, -0.05) is 19.1 Å². The van der Waals surface area contributed by atoms with Gasteiger partial charge < -0.3 is 10.6 Å². The van der Waals surface area contributed by atoms with Crippen LogP contribution in [0.5, 0.6) is 0 Å². The fraction of sp³-hybridized carbons (Fsp3) is 0.588. The van der Waals surface area contributed by atoms with Crippen molar-refractivity contribution in [1.29, 1.82) is 0 Å². The van der Waals surface area contributed by atoms with E-state index in [0.717, 1.165) is 6.42 Å². The maximum Gasteiger partial charge on any atom is 0.314 e. The van der Waals surface area contributed by atoms with Crippen molar-refractivity contribution >= 4 is 27.1 Å². The molecule has 0 spiro atoms. The van der Waals surface area contributed by atoms with Gasteiger partial charge in [0.25, 0.3) is 0 Å². The molecule has 27 heavy (non-hydrogen) atoms. The van der Waals surface area contributed by atoms with Gasteiger partial charge >= 0.3 is 6.03 Å². The predicted molar refractivity (Wildman–Crippen MR) is 104 cm³/mol. The van der Waals surface area contributed by atoms with Crippen molar-refractivity contribution in [2.45, 2.75) is 51.6 Å². The first-order chi connectivity index (χ1) is 12.7. The summed E-state index contributed by atoms with van der Waals surface area (Å²) in [5.74, 6) is 0.538. The Hall–Kier alpha value is -2.20. The molecule has 0 saturated carbocycles. The Bertz CT molecular complexity index is 876. The van der Waals surface area contributed by atoms with Gasteiger partial charge in [-0.15, -0.1) is 5.10 Å². The van der Waals surface area contributed by atoms with E-state index in [-0.39, 0.29) is 17.0 Å². The number of nitrogens with one attached hydrogen (secondary N) is 3. The predicted octanol–water partition coefficient (Wildman–Crippen LogP) is 1.46. The lowest BCUT2D eigenvalue weighted by molar-refractivity contribution is 0.239. The average molecular weight is 397 g/mol. The molecule has 150 valence electrons. The number of benzene rings is 1. The molecule has 1 heterocycles. The smallest absolute Gasteiger partial charge is 0.314 e. The molecule has 0 atom stereocenters. The number of fused-ring (bicyclic) bond motifs is 1. The number of rotatable bonds is 9. The van der Waals surface area contributed by atoms with Gasteiger partial charge in [-0.05, 0) is 44.4 Å². The summed E-state index contributed by atoms with van der Waals surface area (Å²) in [5.41, 5.74) is 1.20. The molecule has 0 radical (unpaired) electrons. The second kappa shape index (κ2) is 9.14. The Balaban J connectivity index is 1.96.